The molecule has 12 heteroatoms. The number of amidine groups is 1. The maximum atomic E-state index is 13.6. The molecule has 0 bridgehead atoms. The van der Waals surface area contributed by atoms with Gasteiger partial charge in [0.05, 0.1) is 12.8 Å². The number of anilines is 1. The fourth-order valence-corrected chi connectivity index (χ4v) is 4.58. The topological polar surface area (TPSA) is 148 Å². The number of ether oxygens (including phenoxy) is 1. The van der Waals surface area contributed by atoms with Crippen molar-refractivity contribution in [2.45, 2.75) is 58.9 Å². The van der Waals surface area contributed by atoms with Gasteiger partial charge in [-0.1, -0.05) is 33.3 Å². The van der Waals surface area contributed by atoms with Crippen LogP contribution in [-0.4, -0.2) is 52.7 Å². The van der Waals surface area contributed by atoms with Gasteiger partial charge in [0.2, 0.25) is 5.91 Å². The van der Waals surface area contributed by atoms with Crippen molar-refractivity contribution >= 4 is 45.0 Å². The Morgan fingerprint density at radius 1 is 1.39 bits per heavy atom. The number of thioether (sulfide) groups is 1. The summed E-state index contributed by atoms with van der Waals surface area (Å²) in [6.45, 7) is 10.6. The summed E-state index contributed by atoms with van der Waals surface area (Å²) in [4.78, 5) is 23.2. The molecule has 224 valence electrons. The zero-order valence-electron chi connectivity index (χ0n) is 23.8. The van der Waals surface area contributed by atoms with Gasteiger partial charge in [-0.3, -0.25) is 15.1 Å². The summed E-state index contributed by atoms with van der Waals surface area (Å²) in [6, 6.07) is 0.428. The number of hydrogen-bond donors (Lipinski definition) is 3. The second-order valence-electron chi connectivity index (χ2n) is 9.42. The van der Waals surface area contributed by atoms with Crippen LogP contribution in [0.25, 0.3) is 11.3 Å². The van der Waals surface area contributed by atoms with Crippen LogP contribution in [0, 0.1) is 29.1 Å². The highest BCUT2D eigenvalue weighted by Crippen LogP contribution is 2.36. The largest absolute Gasteiger partial charge is 0.495 e. The smallest absolute Gasteiger partial charge is 0.261 e. The van der Waals surface area contributed by atoms with Gasteiger partial charge in [0.25, 0.3) is 6.43 Å². The van der Waals surface area contributed by atoms with E-state index in [2.05, 4.69) is 33.7 Å². The Kier molecular flexibility index (Phi) is 12.5. The third-order valence-corrected chi connectivity index (χ3v) is 6.97. The predicted molar refractivity (Wildman–Crippen MR) is 165 cm³/mol. The molecule has 1 aromatic heterocycles. The molecule has 4 rings (SSSR count). The number of halogens is 2. The first-order valence-corrected chi connectivity index (χ1v) is 14.1. The number of piperidine rings is 1. The van der Waals surface area contributed by atoms with E-state index in [-0.39, 0.29) is 34.6 Å². The molecule has 2 unspecified atom stereocenters. The first-order valence-electron chi connectivity index (χ1n) is 13.3. The van der Waals surface area contributed by atoms with Crippen molar-refractivity contribution in [2.24, 2.45) is 22.6 Å². The number of allylic oxidation sites excluding steroid dienone is 1. The number of alkyl halides is 2. The van der Waals surface area contributed by atoms with Crippen LogP contribution in [0.5, 0.6) is 0 Å². The van der Waals surface area contributed by atoms with Gasteiger partial charge in [-0.25, -0.2) is 18.8 Å². The van der Waals surface area contributed by atoms with Crippen molar-refractivity contribution in [3.8, 4) is 11.8 Å². The van der Waals surface area contributed by atoms with Crippen LogP contribution in [0.3, 0.4) is 0 Å². The lowest BCUT2D eigenvalue weighted by atomic mass is 9.94. The van der Waals surface area contributed by atoms with Crippen molar-refractivity contribution < 1.29 is 25.2 Å². The Morgan fingerprint density at radius 3 is 2.71 bits per heavy atom. The van der Waals surface area contributed by atoms with Crippen LogP contribution in [0.1, 0.15) is 59.0 Å². The van der Waals surface area contributed by atoms with Crippen molar-refractivity contribution in [1.29, 1.82) is 5.41 Å². The molecular formula is C29H40F2N6O3S. The summed E-state index contributed by atoms with van der Waals surface area (Å²) in [5.41, 5.74) is 7.57. The van der Waals surface area contributed by atoms with Crippen LogP contribution < -0.4 is 16.0 Å². The summed E-state index contributed by atoms with van der Waals surface area (Å²) in [5.74, 6) is 7.09. The number of aliphatic imine (C=N–C) groups is 1. The highest BCUT2D eigenvalue weighted by molar-refractivity contribution is 8.26. The van der Waals surface area contributed by atoms with Crippen molar-refractivity contribution in [1.82, 2.24) is 10.3 Å². The number of amides is 1. The fraction of sp³-hybridized carbons (Fsp3) is 0.448. The molecule has 3 aliphatic rings. The monoisotopic (exact) mass is 590 g/mol. The Hall–Kier alpha value is -3.69. The predicted octanol–water partition coefficient (Wildman–Crippen LogP) is 4.81. The van der Waals surface area contributed by atoms with E-state index < -0.39 is 12.5 Å². The molecule has 1 amide bonds. The van der Waals surface area contributed by atoms with Crippen LogP contribution in [-0.2, 0) is 9.53 Å². The number of nitrogens with one attached hydrogen (secondary N) is 2. The van der Waals surface area contributed by atoms with Gasteiger partial charge < -0.3 is 21.3 Å². The van der Waals surface area contributed by atoms with Crippen molar-refractivity contribution in [2.75, 3.05) is 18.6 Å². The highest BCUT2D eigenvalue weighted by atomic mass is 32.2. The minimum atomic E-state index is -2.66. The summed E-state index contributed by atoms with van der Waals surface area (Å²) in [6.07, 6.45) is 4.95. The second kappa shape index (κ2) is 15.3. The van der Waals surface area contributed by atoms with E-state index in [1.165, 1.54) is 25.6 Å². The first kappa shape index (κ1) is 33.5. The standard InChI is InChI=1S/C27H30F2N6O2S.C2H6.H2O.H2/c1-15-8-9-35(25(36)10-15)24-12-18(19-11-21(26(28)29)32-14-22(19)37-3)20(13-33-24)16(2)34-27(31)38-23(30)7-6-17-4-5-17;1-2;;/h11-15,17,21,26,30,32H,2,4-5,8-10H2,1,3H3,(H2,31,34);1-2H3;1H2;1H. The Labute approximate surface area is 245 Å². The van der Waals surface area contributed by atoms with E-state index in [1.807, 2.05) is 20.8 Å². The third kappa shape index (κ3) is 8.90. The number of carbonyl (C=O) groups is 1. The van der Waals surface area contributed by atoms with E-state index >= 15 is 0 Å². The normalized spacial score (nSPS) is 20.2. The Morgan fingerprint density at radius 2 is 2.10 bits per heavy atom. The molecule has 0 spiro atoms. The lowest BCUT2D eigenvalue weighted by Gasteiger charge is -2.30. The molecule has 9 nitrogen and oxygen atoms in total. The zero-order chi connectivity index (χ0) is 29.4. The molecule has 2 atom stereocenters. The molecule has 0 radical (unpaired) electrons. The molecule has 2 aliphatic heterocycles. The minimum absolute atomic E-state index is 0. The molecule has 6 N–H and O–H groups in total. The number of hydrogen-bond acceptors (Lipinski definition) is 7. The van der Waals surface area contributed by atoms with Gasteiger partial charge in [0.1, 0.15) is 22.7 Å². The number of methoxy groups -OCH3 is 1. The number of carbonyl (C=O) groups excluding carboxylic acids is 1. The van der Waals surface area contributed by atoms with Gasteiger partial charge in [0, 0.05) is 43.8 Å². The minimum Gasteiger partial charge on any atom is -0.495 e. The molecule has 1 saturated carbocycles. The maximum Gasteiger partial charge on any atom is 0.261 e. The van der Waals surface area contributed by atoms with E-state index in [4.69, 9.17) is 15.9 Å². The van der Waals surface area contributed by atoms with Gasteiger partial charge in [-0.2, -0.15) is 0 Å². The van der Waals surface area contributed by atoms with Crippen molar-refractivity contribution in [3.63, 3.8) is 0 Å². The summed E-state index contributed by atoms with van der Waals surface area (Å²) in [7, 11) is 1.44. The van der Waals surface area contributed by atoms with Crippen LogP contribution in [0.4, 0.5) is 14.6 Å². The highest BCUT2D eigenvalue weighted by Gasteiger charge is 2.29. The number of aromatic nitrogens is 1. The average molecular weight is 591 g/mol. The lowest BCUT2D eigenvalue weighted by Crippen LogP contribution is -2.38. The van der Waals surface area contributed by atoms with E-state index in [0.717, 1.165) is 31.0 Å². The van der Waals surface area contributed by atoms with E-state index in [0.29, 0.717) is 47.2 Å². The molecule has 2 fully saturated rings. The summed E-state index contributed by atoms with van der Waals surface area (Å²) in [5, 5.41) is 10.8. The summed E-state index contributed by atoms with van der Waals surface area (Å²) < 4.78 is 32.7. The molecule has 3 heterocycles. The van der Waals surface area contributed by atoms with E-state index in [1.54, 1.807) is 11.0 Å². The quantitative estimate of drug-likeness (QED) is 0.246. The van der Waals surface area contributed by atoms with Gasteiger partial charge in [-0.15, -0.1) is 0 Å². The van der Waals surface area contributed by atoms with Gasteiger partial charge in [0.15, 0.2) is 5.17 Å². The Bertz CT molecular complexity index is 1300. The summed E-state index contributed by atoms with van der Waals surface area (Å²) >= 11 is 0.913. The van der Waals surface area contributed by atoms with Gasteiger partial charge >= 0.3 is 0 Å². The number of nitrogens with two attached hydrogens (primary N) is 1. The molecule has 1 aliphatic carbocycles. The fourth-order valence-electron chi connectivity index (χ4n) is 4.11. The maximum absolute atomic E-state index is 13.6. The van der Waals surface area contributed by atoms with E-state index in [9.17, 15) is 13.6 Å². The van der Waals surface area contributed by atoms with Crippen LogP contribution in [0.2, 0.25) is 0 Å². The third-order valence-electron chi connectivity index (χ3n) is 6.37. The van der Waals surface area contributed by atoms with Crippen LogP contribution in [0.15, 0.2) is 41.9 Å². The van der Waals surface area contributed by atoms with Crippen molar-refractivity contribution in [3.05, 3.63) is 48.0 Å². The zero-order valence-corrected chi connectivity index (χ0v) is 24.6. The molecule has 1 aromatic rings. The van der Waals surface area contributed by atoms with Gasteiger partial charge in [-0.05, 0) is 60.6 Å². The second-order valence-corrected chi connectivity index (χ2v) is 10.5. The molecule has 41 heavy (non-hydrogen) atoms. The first-order chi connectivity index (χ1) is 19.2. The molecular weight excluding hydrogens is 550 g/mol. The lowest BCUT2D eigenvalue weighted by molar-refractivity contribution is -0.120. The van der Waals surface area contributed by atoms with Crippen LogP contribution >= 0.6 is 11.8 Å². The SMILES string of the molecule is C=C(N=C(N)SC(=N)C#CC1CC1)c1cnc(N2CCC(C)CC2=O)cc1C1=CC(C(F)F)NC=C1OC.CC.O.[HH]. The number of pyridine rings is 1. The molecule has 1 saturated heterocycles. The number of rotatable bonds is 6. The Balaban J connectivity index is 0.00000216. The molecule has 0 aromatic carbocycles. The number of dihydropyridines is 1. The average Bonchev–Trinajstić information content (AvgIpc) is 3.77. The number of nitrogens with zero attached hydrogens (tertiary/aromatic N) is 3.